The second kappa shape index (κ2) is 6.37. The van der Waals surface area contributed by atoms with Crippen molar-refractivity contribution in [1.29, 1.82) is 0 Å². The predicted octanol–water partition coefficient (Wildman–Crippen LogP) is 2.38. The molecule has 2 aromatic heterocycles. The van der Waals surface area contributed by atoms with Crippen molar-refractivity contribution in [2.24, 2.45) is 0 Å². The van der Waals surface area contributed by atoms with Crippen LogP contribution in [0.5, 0.6) is 0 Å². The number of rotatable bonds is 4. The molecule has 1 unspecified atom stereocenters. The van der Waals surface area contributed by atoms with E-state index in [9.17, 15) is 4.79 Å². The predicted molar refractivity (Wildman–Crippen MR) is 87.0 cm³/mol. The minimum absolute atomic E-state index is 0.153. The molecule has 1 atom stereocenters. The molecule has 0 spiro atoms. The van der Waals surface area contributed by atoms with Crippen LogP contribution in [0.4, 0.5) is 0 Å². The number of amides is 1. The quantitative estimate of drug-likeness (QED) is 0.802. The lowest BCUT2D eigenvalue weighted by Crippen LogP contribution is -2.39. The van der Waals surface area contributed by atoms with E-state index in [0.29, 0.717) is 5.16 Å². The summed E-state index contributed by atoms with van der Waals surface area (Å²) in [6.07, 6.45) is 0.958. The third kappa shape index (κ3) is 3.03. The number of tetrazole rings is 1. The minimum Gasteiger partial charge on any atom is -0.337 e. The first-order valence-corrected chi connectivity index (χ1v) is 9.10. The topological polar surface area (TPSA) is 63.9 Å². The Balaban J connectivity index is 1.66. The van der Waals surface area contributed by atoms with E-state index < -0.39 is 0 Å². The number of thioether (sulfide) groups is 1. The highest BCUT2D eigenvalue weighted by atomic mass is 32.2. The molecule has 1 aliphatic rings. The third-order valence-corrected chi connectivity index (χ3v) is 5.76. The van der Waals surface area contributed by atoms with Crippen molar-refractivity contribution < 1.29 is 4.79 Å². The van der Waals surface area contributed by atoms with Gasteiger partial charge in [0.2, 0.25) is 11.1 Å². The SMILES string of the molecule is CC(Sc1nnnn1C(C)C)C(=O)N1CCc2sccc2C1. The fraction of sp³-hybridized carbons (Fsp3) is 0.571. The number of thiophene rings is 1. The summed E-state index contributed by atoms with van der Waals surface area (Å²) in [5.74, 6) is 0.153. The Morgan fingerprint density at radius 3 is 3.00 bits per heavy atom. The van der Waals surface area contributed by atoms with Gasteiger partial charge in [-0.25, -0.2) is 4.68 Å². The van der Waals surface area contributed by atoms with E-state index in [4.69, 9.17) is 0 Å². The number of aromatic nitrogens is 4. The molecule has 118 valence electrons. The van der Waals surface area contributed by atoms with E-state index in [-0.39, 0.29) is 17.2 Å². The van der Waals surface area contributed by atoms with Crippen LogP contribution >= 0.6 is 23.1 Å². The van der Waals surface area contributed by atoms with Crippen molar-refractivity contribution in [1.82, 2.24) is 25.1 Å². The highest BCUT2D eigenvalue weighted by molar-refractivity contribution is 8.00. The molecule has 2 aromatic rings. The lowest BCUT2D eigenvalue weighted by Gasteiger charge is -2.29. The monoisotopic (exact) mass is 337 g/mol. The van der Waals surface area contributed by atoms with Crippen molar-refractivity contribution in [3.05, 3.63) is 21.9 Å². The van der Waals surface area contributed by atoms with Gasteiger partial charge in [0.25, 0.3) is 0 Å². The molecule has 3 heterocycles. The zero-order valence-corrected chi connectivity index (χ0v) is 14.5. The maximum Gasteiger partial charge on any atom is 0.236 e. The van der Waals surface area contributed by atoms with Crippen molar-refractivity contribution in [3.8, 4) is 0 Å². The maximum absolute atomic E-state index is 12.7. The van der Waals surface area contributed by atoms with Crippen LogP contribution in [0.25, 0.3) is 0 Å². The van der Waals surface area contributed by atoms with E-state index in [0.717, 1.165) is 19.5 Å². The fourth-order valence-corrected chi connectivity index (χ4v) is 4.38. The Bertz CT molecular complexity index is 666. The molecule has 0 aliphatic carbocycles. The van der Waals surface area contributed by atoms with Crippen molar-refractivity contribution in [2.75, 3.05) is 6.54 Å². The summed E-state index contributed by atoms with van der Waals surface area (Å²) < 4.78 is 1.75. The number of fused-ring (bicyclic) bond motifs is 1. The molecule has 8 heteroatoms. The molecular weight excluding hydrogens is 318 g/mol. The van der Waals surface area contributed by atoms with Crippen LogP contribution in [-0.2, 0) is 17.8 Å². The van der Waals surface area contributed by atoms with Gasteiger partial charge in [0, 0.05) is 18.0 Å². The van der Waals surface area contributed by atoms with E-state index >= 15 is 0 Å². The summed E-state index contributed by atoms with van der Waals surface area (Å²) in [5, 5.41) is 14.3. The Labute approximate surface area is 137 Å². The Kier molecular flexibility index (Phi) is 4.49. The van der Waals surface area contributed by atoms with E-state index in [1.165, 1.54) is 22.2 Å². The summed E-state index contributed by atoms with van der Waals surface area (Å²) in [4.78, 5) is 16.0. The van der Waals surface area contributed by atoms with Gasteiger partial charge in [-0.2, -0.15) is 0 Å². The average molecular weight is 337 g/mol. The van der Waals surface area contributed by atoms with Crippen LogP contribution in [0.2, 0.25) is 0 Å². The number of nitrogens with zero attached hydrogens (tertiary/aromatic N) is 5. The lowest BCUT2D eigenvalue weighted by molar-refractivity contribution is -0.131. The summed E-state index contributed by atoms with van der Waals surface area (Å²) in [5.41, 5.74) is 1.29. The zero-order chi connectivity index (χ0) is 15.7. The second-order valence-corrected chi connectivity index (χ2v) is 7.95. The molecule has 22 heavy (non-hydrogen) atoms. The standard InChI is InChI=1S/C14H19N5OS2/c1-9(2)19-14(15-16-17-19)22-10(3)13(20)18-6-4-12-11(8-18)5-7-21-12/h5,7,9-10H,4,6,8H2,1-3H3. The van der Waals surface area contributed by atoms with Gasteiger partial charge in [0.05, 0.1) is 11.3 Å². The lowest BCUT2D eigenvalue weighted by atomic mass is 10.1. The zero-order valence-electron chi connectivity index (χ0n) is 12.9. The average Bonchev–Trinajstić information content (AvgIpc) is 3.13. The van der Waals surface area contributed by atoms with Gasteiger partial charge >= 0.3 is 0 Å². The smallest absolute Gasteiger partial charge is 0.236 e. The van der Waals surface area contributed by atoms with Crippen LogP contribution in [0.3, 0.4) is 0 Å². The molecule has 0 radical (unpaired) electrons. The van der Waals surface area contributed by atoms with Gasteiger partial charge in [-0.3, -0.25) is 4.79 Å². The van der Waals surface area contributed by atoms with Crippen molar-refractivity contribution >= 4 is 29.0 Å². The van der Waals surface area contributed by atoms with Gasteiger partial charge in [0.15, 0.2) is 0 Å². The van der Waals surface area contributed by atoms with Crippen LogP contribution in [-0.4, -0.2) is 42.8 Å². The van der Waals surface area contributed by atoms with Crippen LogP contribution in [0.1, 0.15) is 37.3 Å². The molecule has 1 aliphatic heterocycles. The highest BCUT2D eigenvalue weighted by Crippen LogP contribution is 2.28. The van der Waals surface area contributed by atoms with Gasteiger partial charge < -0.3 is 4.90 Å². The van der Waals surface area contributed by atoms with Crippen LogP contribution < -0.4 is 0 Å². The van der Waals surface area contributed by atoms with Crippen molar-refractivity contribution in [2.45, 2.75) is 50.2 Å². The minimum atomic E-state index is -0.191. The summed E-state index contributed by atoms with van der Waals surface area (Å²) in [7, 11) is 0. The third-order valence-electron chi connectivity index (χ3n) is 3.70. The largest absolute Gasteiger partial charge is 0.337 e. The van der Waals surface area contributed by atoms with E-state index in [2.05, 4.69) is 27.0 Å². The van der Waals surface area contributed by atoms with Crippen LogP contribution in [0.15, 0.2) is 16.6 Å². The van der Waals surface area contributed by atoms with Crippen molar-refractivity contribution in [3.63, 3.8) is 0 Å². The molecule has 0 N–H and O–H groups in total. The van der Waals surface area contributed by atoms with Gasteiger partial charge in [-0.1, -0.05) is 11.8 Å². The molecular formula is C14H19N5OS2. The first-order valence-electron chi connectivity index (χ1n) is 7.35. The molecule has 3 rings (SSSR count). The first-order chi connectivity index (χ1) is 10.6. The van der Waals surface area contributed by atoms with Crippen LogP contribution in [0, 0.1) is 0 Å². The molecule has 0 aromatic carbocycles. The van der Waals surface area contributed by atoms with E-state index in [1.54, 1.807) is 16.0 Å². The fourth-order valence-electron chi connectivity index (χ4n) is 2.49. The molecule has 0 saturated heterocycles. The Hall–Kier alpha value is -1.41. The summed E-state index contributed by atoms with van der Waals surface area (Å²) in [6, 6.07) is 2.31. The Morgan fingerprint density at radius 2 is 2.23 bits per heavy atom. The maximum atomic E-state index is 12.7. The normalized spacial score (nSPS) is 15.9. The molecule has 6 nitrogen and oxygen atoms in total. The molecule has 0 bridgehead atoms. The number of carbonyl (C=O) groups is 1. The second-order valence-electron chi connectivity index (χ2n) is 5.64. The van der Waals surface area contributed by atoms with E-state index in [1.807, 2.05) is 25.7 Å². The van der Waals surface area contributed by atoms with Gasteiger partial charge in [-0.05, 0) is 54.6 Å². The number of hydrogen-bond acceptors (Lipinski definition) is 6. The number of hydrogen-bond donors (Lipinski definition) is 0. The molecule has 0 fully saturated rings. The summed E-state index contributed by atoms with van der Waals surface area (Å²) >= 11 is 3.21. The molecule has 1 amide bonds. The highest BCUT2D eigenvalue weighted by Gasteiger charge is 2.27. The Morgan fingerprint density at radius 1 is 1.41 bits per heavy atom. The molecule has 0 saturated carbocycles. The number of carbonyl (C=O) groups excluding carboxylic acids is 1. The van der Waals surface area contributed by atoms with Gasteiger partial charge in [0.1, 0.15) is 0 Å². The first kappa shape index (κ1) is 15.5. The van der Waals surface area contributed by atoms with Gasteiger partial charge in [-0.15, -0.1) is 16.4 Å². The summed E-state index contributed by atoms with van der Waals surface area (Å²) in [6.45, 7) is 7.49.